The topological polar surface area (TPSA) is 110 Å². The summed E-state index contributed by atoms with van der Waals surface area (Å²) in [5.74, 6) is 0.806. The zero-order valence-electron chi connectivity index (χ0n) is 23.3. The first kappa shape index (κ1) is 29.7. The van der Waals surface area contributed by atoms with Crippen LogP contribution in [0.4, 0.5) is 22.0 Å². The highest BCUT2D eigenvalue weighted by atomic mass is 32.2. The first-order valence-corrected chi connectivity index (χ1v) is 14.5. The van der Waals surface area contributed by atoms with Gasteiger partial charge < -0.3 is 20.7 Å². The van der Waals surface area contributed by atoms with Crippen molar-refractivity contribution in [2.45, 2.75) is 55.6 Å². The van der Waals surface area contributed by atoms with Gasteiger partial charge in [0.25, 0.3) is 0 Å². The average Bonchev–Trinajstić information content (AvgIpc) is 2.93. The number of amides is 1. The van der Waals surface area contributed by atoms with E-state index in [1.54, 1.807) is 24.1 Å². The third-order valence-electron chi connectivity index (χ3n) is 6.59. The Hall–Kier alpha value is -3.28. The highest BCUT2D eigenvalue weighted by Gasteiger charge is 2.27. The van der Waals surface area contributed by atoms with Gasteiger partial charge in [-0.3, -0.25) is 9.69 Å². The van der Waals surface area contributed by atoms with Gasteiger partial charge >= 0.3 is 0 Å². The lowest BCUT2D eigenvalue weighted by molar-refractivity contribution is -0.120. The third-order valence-corrected chi connectivity index (χ3v) is 7.46. The van der Waals surface area contributed by atoms with E-state index in [1.807, 2.05) is 38.1 Å². The van der Waals surface area contributed by atoms with E-state index >= 15 is 0 Å². The number of aromatic nitrogens is 3. The standard InChI is InChI=1S/C29H38FN7O2S/c1-20(2)18-25(31)26(38)37(17-16-36-14-5-4-6-15-36)28-33-27(32-22-9-7-8-21(30)19-22)34-29(35-28)40-24-12-10-23(39-3)11-13-24/h7-13,19-20,25H,4-6,14-18,31H2,1-3H3,(H,32,33,34,35)/t25-/m0/s1. The van der Waals surface area contributed by atoms with Gasteiger partial charge in [0.1, 0.15) is 11.6 Å². The number of rotatable bonds is 12. The van der Waals surface area contributed by atoms with Gasteiger partial charge in [0.05, 0.1) is 13.2 Å². The van der Waals surface area contributed by atoms with Crippen LogP contribution in [-0.4, -0.2) is 65.1 Å². The molecule has 9 nitrogen and oxygen atoms in total. The number of ether oxygens (including phenoxy) is 1. The molecule has 0 bridgehead atoms. The molecule has 4 rings (SSSR count). The van der Waals surface area contributed by atoms with Crippen LogP contribution in [0.5, 0.6) is 5.75 Å². The van der Waals surface area contributed by atoms with E-state index in [0.717, 1.165) is 36.6 Å². The van der Waals surface area contributed by atoms with E-state index in [4.69, 9.17) is 15.5 Å². The molecule has 11 heteroatoms. The molecule has 0 radical (unpaired) electrons. The lowest BCUT2D eigenvalue weighted by Crippen LogP contribution is -2.48. The molecule has 0 spiro atoms. The van der Waals surface area contributed by atoms with Crippen molar-refractivity contribution >= 4 is 35.3 Å². The molecule has 0 aliphatic carbocycles. The number of nitrogens with two attached hydrogens (primary N) is 1. The maximum atomic E-state index is 13.9. The highest BCUT2D eigenvalue weighted by molar-refractivity contribution is 7.99. The normalized spacial score (nSPS) is 14.7. The largest absolute Gasteiger partial charge is 0.497 e. The molecule has 1 saturated heterocycles. The molecule has 3 aromatic rings. The Bertz CT molecular complexity index is 1260. The third kappa shape index (κ3) is 8.61. The van der Waals surface area contributed by atoms with E-state index in [-0.39, 0.29) is 29.5 Å². The molecule has 3 N–H and O–H groups in total. The number of nitrogens with zero attached hydrogens (tertiary/aromatic N) is 5. The predicted octanol–water partition coefficient (Wildman–Crippen LogP) is 5.11. The molecule has 1 atom stereocenters. The summed E-state index contributed by atoms with van der Waals surface area (Å²) in [5.41, 5.74) is 6.87. The summed E-state index contributed by atoms with van der Waals surface area (Å²) < 4.78 is 19.2. The van der Waals surface area contributed by atoms with Crippen LogP contribution in [0, 0.1) is 11.7 Å². The van der Waals surface area contributed by atoms with Crippen LogP contribution < -0.4 is 20.7 Å². The van der Waals surface area contributed by atoms with Gasteiger partial charge in [-0.1, -0.05) is 26.3 Å². The molecule has 1 fully saturated rings. The number of hydrogen-bond acceptors (Lipinski definition) is 9. The van der Waals surface area contributed by atoms with Crippen LogP contribution in [0.25, 0.3) is 0 Å². The van der Waals surface area contributed by atoms with Crippen LogP contribution in [0.1, 0.15) is 39.5 Å². The number of nitrogens with one attached hydrogen (secondary N) is 1. The van der Waals surface area contributed by atoms with E-state index in [1.165, 1.54) is 30.3 Å². The van der Waals surface area contributed by atoms with Crippen molar-refractivity contribution in [3.63, 3.8) is 0 Å². The fraction of sp³-hybridized carbons (Fsp3) is 0.448. The Morgan fingerprint density at radius 2 is 1.88 bits per heavy atom. The Kier molecular flexibility index (Phi) is 10.7. The zero-order chi connectivity index (χ0) is 28.5. The monoisotopic (exact) mass is 567 g/mol. The average molecular weight is 568 g/mol. The number of methoxy groups -OCH3 is 1. The summed E-state index contributed by atoms with van der Waals surface area (Å²) in [6, 6.07) is 12.9. The van der Waals surface area contributed by atoms with Gasteiger partial charge in [0.15, 0.2) is 5.16 Å². The number of likely N-dealkylation sites (tertiary alicyclic amines) is 1. The van der Waals surface area contributed by atoms with Crippen LogP contribution >= 0.6 is 11.8 Å². The minimum atomic E-state index is -0.685. The predicted molar refractivity (Wildman–Crippen MR) is 157 cm³/mol. The second kappa shape index (κ2) is 14.4. The maximum Gasteiger partial charge on any atom is 0.246 e. The zero-order valence-corrected chi connectivity index (χ0v) is 24.2. The summed E-state index contributed by atoms with van der Waals surface area (Å²) in [6.45, 7) is 7.18. The molecule has 1 aliphatic rings. The van der Waals surface area contributed by atoms with Crippen LogP contribution in [0.15, 0.2) is 58.6 Å². The quantitative estimate of drug-likeness (QED) is 0.309. The lowest BCUT2D eigenvalue weighted by Gasteiger charge is -2.30. The molecule has 2 heterocycles. The molecule has 2 aromatic carbocycles. The van der Waals surface area contributed by atoms with Crippen LogP contribution in [-0.2, 0) is 4.79 Å². The smallest absolute Gasteiger partial charge is 0.246 e. The molecule has 214 valence electrons. The second-order valence-electron chi connectivity index (χ2n) is 10.3. The van der Waals surface area contributed by atoms with E-state index in [9.17, 15) is 9.18 Å². The van der Waals surface area contributed by atoms with Gasteiger partial charge in [-0.05, 0) is 92.5 Å². The Labute approximate surface area is 239 Å². The lowest BCUT2D eigenvalue weighted by atomic mass is 10.0. The van der Waals surface area contributed by atoms with Crippen LogP contribution in [0.2, 0.25) is 0 Å². The number of carbonyl (C=O) groups is 1. The van der Waals surface area contributed by atoms with Gasteiger partial charge in [0, 0.05) is 23.7 Å². The first-order valence-electron chi connectivity index (χ1n) is 13.7. The van der Waals surface area contributed by atoms with Crippen molar-refractivity contribution in [3.8, 4) is 5.75 Å². The number of carbonyl (C=O) groups excluding carboxylic acids is 1. The fourth-order valence-electron chi connectivity index (χ4n) is 4.55. The molecule has 40 heavy (non-hydrogen) atoms. The van der Waals surface area contributed by atoms with Crippen molar-refractivity contribution < 1.29 is 13.9 Å². The van der Waals surface area contributed by atoms with Crippen molar-refractivity contribution in [1.82, 2.24) is 19.9 Å². The summed E-state index contributed by atoms with van der Waals surface area (Å²) in [4.78, 5) is 32.4. The Balaban J connectivity index is 1.68. The van der Waals surface area contributed by atoms with Crippen LogP contribution in [0.3, 0.4) is 0 Å². The fourth-order valence-corrected chi connectivity index (χ4v) is 5.30. The minimum absolute atomic E-state index is 0.208. The number of halogens is 1. The summed E-state index contributed by atoms with van der Waals surface area (Å²) in [7, 11) is 1.62. The van der Waals surface area contributed by atoms with E-state index < -0.39 is 6.04 Å². The maximum absolute atomic E-state index is 13.9. The van der Waals surface area contributed by atoms with Gasteiger partial charge in [-0.25, -0.2) is 4.39 Å². The molecule has 0 saturated carbocycles. The number of piperidine rings is 1. The second-order valence-corrected chi connectivity index (χ2v) is 11.3. The molecular weight excluding hydrogens is 529 g/mol. The highest BCUT2D eigenvalue weighted by Crippen LogP contribution is 2.29. The molecule has 1 aliphatic heterocycles. The number of benzene rings is 2. The van der Waals surface area contributed by atoms with Crippen molar-refractivity contribution in [1.29, 1.82) is 0 Å². The minimum Gasteiger partial charge on any atom is -0.497 e. The van der Waals surface area contributed by atoms with E-state index in [2.05, 4.69) is 20.2 Å². The van der Waals surface area contributed by atoms with Gasteiger partial charge in [0.2, 0.25) is 17.8 Å². The Morgan fingerprint density at radius 3 is 2.55 bits per heavy atom. The number of anilines is 3. The summed E-state index contributed by atoms with van der Waals surface area (Å²) in [6.07, 6.45) is 4.08. The summed E-state index contributed by atoms with van der Waals surface area (Å²) >= 11 is 1.33. The first-order chi connectivity index (χ1) is 19.3. The summed E-state index contributed by atoms with van der Waals surface area (Å²) in [5, 5.41) is 3.47. The molecule has 0 unspecified atom stereocenters. The van der Waals surface area contributed by atoms with Crippen molar-refractivity contribution in [2.24, 2.45) is 11.7 Å². The van der Waals surface area contributed by atoms with Crippen molar-refractivity contribution in [2.75, 3.05) is 43.5 Å². The molecule has 1 amide bonds. The van der Waals surface area contributed by atoms with Gasteiger partial charge in [-0.15, -0.1) is 0 Å². The van der Waals surface area contributed by atoms with Crippen molar-refractivity contribution in [3.05, 3.63) is 54.3 Å². The molecular formula is C29H38FN7O2S. The van der Waals surface area contributed by atoms with E-state index in [0.29, 0.717) is 30.4 Å². The SMILES string of the molecule is COc1ccc(Sc2nc(Nc3cccc(F)c3)nc(N(CCN3CCCCC3)C(=O)[C@@H](N)CC(C)C)n2)cc1. The van der Waals surface area contributed by atoms with Gasteiger partial charge in [-0.2, -0.15) is 15.0 Å². The Morgan fingerprint density at radius 1 is 1.12 bits per heavy atom. The number of hydrogen-bond donors (Lipinski definition) is 2. The molecule has 1 aromatic heterocycles.